The highest BCUT2D eigenvalue weighted by Gasteiger charge is 2.27. The number of hydrogen-bond donors (Lipinski definition) is 2. The van der Waals surface area contributed by atoms with Crippen molar-refractivity contribution in [2.75, 3.05) is 63.6 Å². The maximum absolute atomic E-state index is 12.7. The third kappa shape index (κ3) is 5.38. The minimum Gasteiger partial charge on any atom is -0.374 e. The van der Waals surface area contributed by atoms with Gasteiger partial charge in [-0.15, -0.1) is 0 Å². The van der Waals surface area contributed by atoms with Crippen LogP contribution < -0.4 is 15.5 Å². The van der Waals surface area contributed by atoms with Crippen molar-refractivity contribution < 1.29 is 9.59 Å². The van der Waals surface area contributed by atoms with Gasteiger partial charge in [0.15, 0.2) is 0 Å². The zero-order chi connectivity index (χ0) is 24.1. The summed E-state index contributed by atoms with van der Waals surface area (Å²) in [6, 6.07) is 15.2. The third-order valence-corrected chi connectivity index (χ3v) is 6.78. The largest absolute Gasteiger partial charge is 0.374 e. The van der Waals surface area contributed by atoms with Crippen LogP contribution in [-0.4, -0.2) is 75.0 Å². The topological polar surface area (TPSA) is 91.7 Å². The molecule has 1 fully saturated rings. The zero-order valence-electron chi connectivity index (χ0n) is 19.9. The maximum atomic E-state index is 12.7. The summed E-state index contributed by atoms with van der Waals surface area (Å²) >= 11 is 0. The molecule has 2 aliphatic rings. The molecule has 0 spiro atoms. The molecule has 2 N–H and O–H groups in total. The molecule has 2 aliphatic heterocycles. The Bertz CT molecular complexity index is 1090. The van der Waals surface area contributed by atoms with Gasteiger partial charge in [0.1, 0.15) is 6.07 Å². The number of para-hydroxylation sites is 1. The van der Waals surface area contributed by atoms with Crippen molar-refractivity contribution in [2.45, 2.75) is 18.9 Å². The Morgan fingerprint density at radius 1 is 1.03 bits per heavy atom. The number of nitriles is 1. The molecule has 4 rings (SSSR count). The van der Waals surface area contributed by atoms with Crippen LogP contribution in [0.5, 0.6) is 0 Å². The Morgan fingerprint density at radius 3 is 2.56 bits per heavy atom. The highest BCUT2D eigenvalue weighted by atomic mass is 16.2. The molecule has 34 heavy (non-hydrogen) atoms. The number of rotatable bonds is 5. The molecular weight excluding hydrogens is 428 g/mol. The lowest BCUT2D eigenvalue weighted by molar-refractivity contribution is -0.136. The van der Waals surface area contributed by atoms with Crippen molar-refractivity contribution >= 4 is 23.2 Å². The molecule has 1 saturated heterocycles. The Balaban J connectivity index is 1.48. The molecular formula is C26H32N6O2. The van der Waals surface area contributed by atoms with Gasteiger partial charge in [0.2, 0.25) is 0 Å². The Morgan fingerprint density at radius 2 is 1.79 bits per heavy atom. The SMILES string of the molecule is CN1CCN([C@@H](CNC(=O)C(=O)Nc2ccccc2C#N)c2ccc3c(c2)CCCN3C)CC1. The number of carbonyl (C=O) groups excluding carboxylic acids is 2. The van der Waals surface area contributed by atoms with Crippen LogP contribution in [0.2, 0.25) is 0 Å². The van der Waals surface area contributed by atoms with Crippen molar-refractivity contribution in [3.63, 3.8) is 0 Å². The molecule has 0 saturated carbocycles. The van der Waals surface area contributed by atoms with Crippen molar-refractivity contribution in [3.05, 3.63) is 59.2 Å². The Hall–Kier alpha value is -3.41. The molecule has 0 unspecified atom stereocenters. The fourth-order valence-corrected chi connectivity index (χ4v) is 4.74. The standard InChI is InChI=1S/C26H32N6O2/c1-30-12-14-32(15-13-30)24(20-9-10-23-19(16-20)7-5-11-31(23)2)18-28-25(33)26(34)29-22-8-4-3-6-21(22)17-27/h3-4,6,8-10,16,24H,5,7,11-15,18H2,1-2H3,(H,28,33)(H,29,34)/t24-/m0/s1. The summed E-state index contributed by atoms with van der Waals surface area (Å²) in [5.74, 6) is -1.48. The van der Waals surface area contributed by atoms with Gasteiger partial charge in [-0.2, -0.15) is 5.26 Å². The van der Waals surface area contributed by atoms with E-state index in [2.05, 4.69) is 57.6 Å². The third-order valence-electron chi connectivity index (χ3n) is 6.78. The summed E-state index contributed by atoms with van der Waals surface area (Å²) < 4.78 is 0. The number of hydrogen-bond acceptors (Lipinski definition) is 6. The monoisotopic (exact) mass is 460 g/mol. The number of fused-ring (bicyclic) bond motifs is 1. The van der Waals surface area contributed by atoms with E-state index in [-0.39, 0.29) is 6.04 Å². The quantitative estimate of drug-likeness (QED) is 0.663. The van der Waals surface area contributed by atoms with E-state index >= 15 is 0 Å². The molecule has 178 valence electrons. The van der Waals surface area contributed by atoms with Crippen LogP contribution in [0.4, 0.5) is 11.4 Å². The van der Waals surface area contributed by atoms with Gasteiger partial charge in [-0.3, -0.25) is 14.5 Å². The summed E-state index contributed by atoms with van der Waals surface area (Å²) in [4.78, 5) is 32.1. The van der Waals surface area contributed by atoms with Crippen molar-refractivity contribution in [1.29, 1.82) is 5.26 Å². The van der Waals surface area contributed by atoms with Crippen LogP contribution >= 0.6 is 0 Å². The molecule has 0 aliphatic carbocycles. The molecule has 2 heterocycles. The van der Waals surface area contributed by atoms with E-state index in [1.807, 2.05) is 6.07 Å². The number of nitrogens with zero attached hydrogens (tertiary/aromatic N) is 4. The highest BCUT2D eigenvalue weighted by molar-refractivity contribution is 6.39. The van der Waals surface area contributed by atoms with Crippen LogP contribution in [-0.2, 0) is 16.0 Å². The summed E-state index contributed by atoms with van der Waals surface area (Å²) in [7, 11) is 4.24. The lowest BCUT2D eigenvalue weighted by atomic mass is 9.95. The second-order valence-corrected chi connectivity index (χ2v) is 9.09. The minimum absolute atomic E-state index is 0.0191. The highest BCUT2D eigenvalue weighted by Crippen LogP contribution is 2.31. The van der Waals surface area contributed by atoms with Crippen LogP contribution in [0, 0.1) is 11.3 Å². The summed E-state index contributed by atoms with van der Waals surface area (Å²) in [5, 5.41) is 14.6. The fourth-order valence-electron chi connectivity index (χ4n) is 4.74. The number of nitrogens with one attached hydrogen (secondary N) is 2. The summed E-state index contributed by atoms with van der Waals surface area (Å²) in [5.41, 5.74) is 4.42. The molecule has 0 radical (unpaired) electrons. The first-order valence-electron chi connectivity index (χ1n) is 11.8. The van der Waals surface area contributed by atoms with Gasteiger partial charge in [0, 0.05) is 52.0 Å². The van der Waals surface area contributed by atoms with Crippen LogP contribution in [0.1, 0.15) is 29.2 Å². The van der Waals surface area contributed by atoms with Gasteiger partial charge in [0.25, 0.3) is 0 Å². The summed E-state index contributed by atoms with van der Waals surface area (Å²) in [6.07, 6.45) is 2.18. The molecule has 2 aromatic carbocycles. The average molecular weight is 461 g/mol. The number of anilines is 2. The lowest BCUT2D eigenvalue weighted by Crippen LogP contribution is -2.49. The average Bonchev–Trinajstić information content (AvgIpc) is 2.85. The van der Waals surface area contributed by atoms with Gasteiger partial charge in [-0.25, -0.2) is 0 Å². The second kappa shape index (κ2) is 10.7. The summed E-state index contributed by atoms with van der Waals surface area (Å²) in [6.45, 7) is 5.12. The second-order valence-electron chi connectivity index (χ2n) is 9.09. The molecule has 1 atom stereocenters. The molecule has 2 aromatic rings. The lowest BCUT2D eigenvalue weighted by Gasteiger charge is -2.39. The Labute approximate surface area is 201 Å². The molecule has 8 heteroatoms. The number of aryl methyl sites for hydroxylation is 1. The van der Waals surface area contributed by atoms with E-state index in [0.717, 1.165) is 51.1 Å². The van der Waals surface area contributed by atoms with Crippen molar-refractivity contribution in [1.82, 2.24) is 15.1 Å². The van der Waals surface area contributed by atoms with E-state index in [9.17, 15) is 14.9 Å². The number of carbonyl (C=O) groups is 2. The maximum Gasteiger partial charge on any atom is 0.313 e. The first-order valence-corrected chi connectivity index (χ1v) is 11.8. The van der Waals surface area contributed by atoms with Gasteiger partial charge in [0.05, 0.1) is 17.3 Å². The molecule has 2 amide bonds. The number of piperazine rings is 1. The molecule has 8 nitrogen and oxygen atoms in total. The van der Waals surface area contributed by atoms with E-state index < -0.39 is 11.8 Å². The zero-order valence-corrected chi connectivity index (χ0v) is 19.9. The van der Waals surface area contributed by atoms with E-state index in [1.54, 1.807) is 24.3 Å². The van der Waals surface area contributed by atoms with Gasteiger partial charge < -0.3 is 20.4 Å². The number of amides is 2. The van der Waals surface area contributed by atoms with Crippen molar-refractivity contribution in [3.8, 4) is 6.07 Å². The van der Waals surface area contributed by atoms with E-state index in [0.29, 0.717) is 17.8 Å². The first kappa shape index (κ1) is 23.7. The van der Waals surface area contributed by atoms with E-state index in [4.69, 9.17) is 0 Å². The predicted molar refractivity (Wildman–Crippen MR) is 133 cm³/mol. The van der Waals surface area contributed by atoms with Gasteiger partial charge in [-0.1, -0.05) is 24.3 Å². The first-order chi connectivity index (χ1) is 16.5. The van der Waals surface area contributed by atoms with Crippen molar-refractivity contribution in [2.24, 2.45) is 0 Å². The molecule has 0 bridgehead atoms. The normalized spacial score (nSPS) is 17.4. The fraction of sp³-hybridized carbons (Fsp3) is 0.423. The predicted octanol–water partition coefficient (Wildman–Crippen LogP) is 1.98. The number of likely N-dealkylation sites (N-methyl/N-ethyl adjacent to an activating group) is 1. The Kier molecular flexibility index (Phi) is 7.46. The van der Waals surface area contributed by atoms with Crippen LogP contribution in [0.15, 0.2) is 42.5 Å². The van der Waals surface area contributed by atoms with Gasteiger partial charge in [-0.05, 0) is 49.2 Å². The van der Waals surface area contributed by atoms with Crippen LogP contribution in [0.3, 0.4) is 0 Å². The minimum atomic E-state index is -0.771. The van der Waals surface area contributed by atoms with Crippen LogP contribution in [0.25, 0.3) is 0 Å². The van der Waals surface area contributed by atoms with E-state index in [1.165, 1.54) is 11.3 Å². The van der Waals surface area contributed by atoms with Gasteiger partial charge >= 0.3 is 11.8 Å². The molecule has 0 aromatic heterocycles. The number of benzene rings is 2. The smallest absolute Gasteiger partial charge is 0.313 e.